The zero-order valence-corrected chi connectivity index (χ0v) is 14.4. The van der Waals surface area contributed by atoms with Gasteiger partial charge in [-0.05, 0) is 23.3 Å². The van der Waals surface area contributed by atoms with Gasteiger partial charge in [0.15, 0.2) is 0 Å². The van der Waals surface area contributed by atoms with Crippen LogP contribution in [0.15, 0.2) is 84.9 Å². The van der Waals surface area contributed by atoms with Gasteiger partial charge < -0.3 is 0 Å². The molecule has 3 heteroatoms. The fourth-order valence-corrected chi connectivity index (χ4v) is 3.16. The Balaban J connectivity index is 1.83. The summed E-state index contributed by atoms with van der Waals surface area (Å²) in [4.78, 5) is 0. The minimum atomic E-state index is 0.727. The number of benzene rings is 3. The highest BCUT2D eigenvalue weighted by atomic mass is 35.5. The molecule has 3 aromatic carbocycles. The second-order valence-electron chi connectivity index (χ2n) is 5.96. The molecule has 0 unspecified atom stereocenters. The Morgan fingerprint density at radius 2 is 1.36 bits per heavy atom. The van der Waals surface area contributed by atoms with E-state index < -0.39 is 0 Å². The lowest BCUT2D eigenvalue weighted by Gasteiger charge is -2.07. The van der Waals surface area contributed by atoms with Crippen LogP contribution in [0.3, 0.4) is 0 Å². The van der Waals surface area contributed by atoms with E-state index in [2.05, 4.69) is 58.7 Å². The standard InChI is InChI=1S/C22H17ClN2/c23-19-13-11-18(12-14-19)22-21(17-9-5-2-6-10-17)20(24-25-22)15-16-7-3-1-4-8-16/h1-14H,15H2,(H,24,25). The van der Waals surface area contributed by atoms with E-state index in [1.165, 1.54) is 5.56 Å². The highest BCUT2D eigenvalue weighted by Gasteiger charge is 2.16. The molecule has 1 aromatic heterocycles. The molecule has 0 saturated heterocycles. The number of nitrogens with zero attached hydrogens (tertiary/aromatic N) is 1. The molecule has 0 saturated carbocycles. The van der Waals surface area contributed by atoms with E-state index in [1.807, 2.05) is 36.4 Å². The lowest BCUT2D eigenvalue weighted by molar-refractivity contribution is 0.999. The normalized spacial score (nSPS) is 10.8. The summed E-state index contributed by atoms with van der Waals surface area (Å²) in [6.45, 7) is 0. The van der Waals surface area contributed by atoms with Crippen LogP contribution in [0.25, 0.3) is 22.4 Å². The van der Waals surface area contributed by atoms with Crippen LogP contribution in [-0.2, 0) is 6.42 Å². The molecule has 0 fully saturated rings. The molecule has 0 atom stereocenters. The Labute approximate surface area is 152 Å². The van der Waals surface area contributed by atoms with E-state index in [4.69, 9.17) is 11.6 Å². The Kier molecular flexibility index (Phi) is 4.36. The third kappa shape index (κ3) is 3.35. The summed E-state index contributed by atoms with van der Waals surface area (Å²) < 4.78 is 0. The van der Waals surface area contributed by atoms with Crippen LogP contribution in [0, 0.1) is 0 Å². The molecule has 0 aliphatic carbocycles. The molecule has 0 amide bonds. The van der Waals surface area contributed by atoms with Gasteiger partial charge in [-0.25, -0.2) is 0 Å². The van der Waals surface area contributed by atoms with Crippen molar-refractivity contribution in [2.24, 2.45) is 0 Å². The molecule has 4 rings (SSSR count). The molecule has 25 heavy (non-hydrogen) atoms. The first-order valence-electron chi connectivity index (χ1n) is 8.24. The van der Waals surface area contributed by atoms with Crippen molar-refractivity contribution in [2.75, 3.05) is 0 Å². The number of H-pyrrole nitrogens is 1. The van der Waals surface area contributed by atoms with Crippen LogP contribution in [0.4, 0.5) is 0 Å². The van der Waals surface area contributed by atoms with E-state index in [0.29, 0.717) is 0 Å². The Morgan fingerprint density at radius 3 is 2.04 bits per heavy atom. The smallest absolute Gasteiger partial charge is 0.100 e. The van der Waals surface area contributed by atoms with E-state index in [0.717, 1.165) is 39.5 Å². The van der Waals surface area contributed by atoms with Crippen molar-refractivity contribution in [1.29, 1.82) is 0 Å². The highest BCUT2D eigenvalue weighted by Crippen LogP contribution is 2.34. The monoisotopic (exact) mass is 344 g/mol. The first-order chi connectivity index (χ1) is 12.3. The second-order valence-corrected chi connectivity index (χ2v) is 6.40. The highest BCUT2D eigenvalue weighted by molar-refractivity contribution is 6.30. The van der Waals surface area contributed by atoms with Gasteiger partial charge in [-0.3, -0.25) is 5.10 Å². The van der Waals surface area contributed by atoms with Crippen LogP contribution in [0.5, 0.6) is 0 Å². The maximum atomic E-state index is 6.04. The second kappa shape index (κ2) is 6.96. The number of aromatic nitrogens is 2. The Bertz CT molecular complexity index is 958. The summed E-state index contributed by atoms with van der Waals surface area (Å²) in [5.41, 5.74) is 6.68. The summed E-state index contributed by atoms with van der Waals surface area (Å²) in [5, 5.41) is 8.60. The topological polar surface area (TPSA) is 28.7 Å². The molecule has 4 aromatic rings. The quantitative estimate of drug-likeness (QED) is 0.484. The van der Waals surface area contributed by atoms with Crippen molar-refractivity contribution in [1.82, 2.24) is 10.2 Å². The summed E-state index contributed by atoms with van der Waals surface area (Å²) in [7, 11) is 0. The molecule has 1 heterocycles. The fraction of sp³-hybridized carbons (Fsp3) is 0.0455. The van der Waals surface area contributed by atoms with Crippen molar-refractivity contribution in [2.45, 2.75) is 6.42 Å². The van der Waals surface area contributed by atoms with Gasteiger partial charge in [-0.2, -0.15) is 5.10 Å². The summed E-state index contributed by atoms with van der Waals surface area (Å²) in [6.07, 6.45) is 0.811. The number of halogens is 1. The molecule has 122 valence electrons. The van der Waals surface area contributed by atoms with Crippen LogP contribution >= 0.6 is 11.6 Å². The number of hydrogen-bond donors (Lipinski definition) is 1. The van der Waals surface area contributed by atoms with Crippen LogP contribution in [0.1, 0.15) is 11.3 Å². The molecule has 1 N–H and O–H groups in total. The largest absolute Gasteiger partial charge is 0.281 e. The Hall–Kier alpha value is -2.84. The number of nitrogens with one attached hydrogen (secondary N) is 1. The van der Waals surface area contributed by atoms with Crippen molar-refractivity contribution < 1.29 is 0 Å². The van der Waals surface area contributed by atoms with Crippen LogP contribution in [-0.4, -0.2) is 10.2 Å². The molecule has 0 aliphatic rings. The minimum Gasteiger partial charge on any atom is -0.281 e. The predicted octanol–water partition coefficient (Wildman–Crippen LogP) is 5.99. The van der Waals surface area contributed by atoms with E-state index in [-0.39, 0.29) is 0 Å². The third-order valence-electron chi connectivity index (χ3n) is 4.25. The maximum Gasteiger partial charge on any atom is 0.100 e. The SMILES string of the molecule is Clc1ccc(-c2n[nH]c(Cc3ccccc3)c2-c2ccccc2)cc1. The van der Waals surface area contributed by atoms with E-state index in [9.17, 15) is 0 Å². The van der Waals surface area contributed by atoms with E-state index >= 15 is 0 Å². The molecular formula is C22H17ClN2. The molecule has 0 spiro atoms. The van der Waals surface area contributed by atoms with Crippen molar-refractivity contribution in [3.05, 3.63) is 101 Å². The first-order valence-corrected chi connectivity index (χ1v) is 8.61. The van der Waals surface area contributed by atoms with Crippen LogP contribution < -0.4 is 0 Å². The average Bonchev–Trinajstić information content (AvgIpc) is 3.07. The maximum absolute atomic E-state index is 6.04. The average molecular weight is 345 g/mol. The van der Waals surface area contributed by atoms with Crippen molar-refractivity contribution in [3.8, 4) is 22.4 Å². The molecule has 0 bridgehead atoms. The summed E-state index contributed by atoms with van der Waals surface area (Å²) >= 11 is 6.04. The van der Waals surface area contributed by atoms with Gasteiger partial charge in [0.25, 0.3) is 0 Å². The first kappa shape index (κ1) is 15.7. The van der Waals surface area contributed by atoms with Crippen LogP contribution in [0.2, 0.25) is 5.02 Å². The zero-order chi connectivity index (χ0) is 17.1. The third-order valence-corrected chi connectivity index (χ3v) is 4.50. The number of hydrogen-bond acceptors (Lipinski definition) is 1. The number of aromatic amines is 1. The summed E-state index contributed by atoms with van der Waals surface area (Å²) in [6, 6.07) is 28.6. The molecule has 0 aliphatic heterocycles. The van der Waals surface area contributed by atoms with Gasteiger partial charge in [0.2, 0.25) is 0 Å². The zero-order valence-electron chi connectivity index (χ0n) is 13.6. The lowest BCUT2D eigenvalue weighted by Crippen LogP contribution is -1.91. The summed E-state index contributed by atoms with van der Waals surface area (Å²) in [5.74, 6) is 0. The lowest BCUT2D eigenvalue weighted by atomic mass is 9.96. The molecule has 2 nitrogen and oxygen atoms in total. The predicted molar refractivity (Wildman–Crippen MR) is 104 cm³/mol. The van der Waals surface area contributed by atoms with Gasteiger partial charge >= 0.3 is 0 Å². The van der Waals surface area contributed by atoms with Gasteiger partial charge in [0.1, 0.15) is 5.69 Å². The fourth-order valence-electron chi connectivity index (χ4n) is 3.04. The van der Waals surface area contributed by atoms with Crippen molar-refractivity contribution in [3.63, 3.8) is 0 Å². The Morgan fingerprint density at radius 1 is 0.720 bits per heavy atom. The molecule has 0 radical (unpaired) electrons. The van der Waals surface area contributed by atoms with Crippen molar-refractivity contribution >= 4 is 11.6 Å². The number of rotatable bonds is 4. The van der Waals surface area contributed by atoms with Gasteiger partial charge in [0, 0.05) is 28.3 Å². The minimum absolute atomic E-state index is 0.727. The van der Waals surface area contributed by atoms with Gasteiger partial charge in [0.05, 0.1) is 0 Å². The van der Waals surface area contributed by atoms with Gasteiger partial charge in [-0.15, -0.1) is 0 Å². The van der Waals surface area contributed by atoms with E-state index in [1.54, 1.807) is 0 Å². The van der Waals surface area contributed by atoms with Gasteiger partial charge in [-0.1, -0.05) is 84.4 Å². The molecular weight excluding hydrogens is 328 g/mol.